The molecule has 4 heteroatoms. The van der Waals surface area contributed by atoms with Gasteiger partial charge >= 0.3 is 0 Å². The Morgan fingerprint density at radius 2 is 1.83 bits per heavy atom. The van der Waals surface area contributed by atoms with E-state index in [0.717, 1.165) is 5.69 Å². The van der Waals surface area contributed by atoms with Crippen molar-refractivity contribution in [1.82, 2.24) is 0 Å². The third-order valence-electron chi connectivity index (χ3n) is 2.56. The summed E-state index contributed by atoms with van der Waals surface area (Å²) < 4.78 is 5.59. The van der Waals surface area contributed by atoms with Gasteiger partial charge in [0.25, 0.3) is 0 Å². The lowest BCUT2D eigenvalue weighted by atomic mass is 10.2. The zero-order valence-electron chi connectivity index (χ0n) is 10.5. The highest BCUT2D eigenvalue weighted by Gasteiger charge is 2.14. The Morgan fingerprint density at radius 3 is 2.44 bits per heavy atom. The number of nitrogens with zero attached hydrogens (tertiary/aromatic N) is 3. The van der Waals surface area contributed by atoms with E-state index in [1.807, 2.05) is 48.2 Å². The van der Waals surface area contributed by atoms with Gasteiger partial charge in [0, 0.05) is 12.2 Å². The van der Waals surface area contributed by atoms with E-state index < -0.39 is 0 Å². The van der Waals surface area contributed by atoms with Gasteiger partial charge in [-0.25, -0.2) is 0 Å². The van der Waals surface area contributed by atoms with Crippen LogP contribution in [0.2, 0.25) is 0 Å². The molecule has 0 bridgehead atoms. The monoisotopic (exact) mass is 243 g/mol. The summed E-state index contributed by atoms with van der Waals surface area (Å²) >= 11 is 0. The van der Waals surface area contributed by atoms with Gasteiger partial charge in [-0.1, -0.05) is 18.2 Å². The van der Waals surface area contributed by atoms with Gasteiger partial charge in [-0.05, 0) is 19.1 Å². The number of para-hydroxylation sites is 1. The summed E-state index contributed by atoms with van der Waals surface area (Å²) in [6.45, 7) is 2.96. The van der Waals surface area contributed by atoms with E-state index >= 15 is 0 Å². The maximum absolute atomic E-state index is 8.70. The van der Waals surface area contributed by atoms with E-state index in [-0.39, 0.29) is 6.23 Å². The standard InChI is InChI=1S/C14H17N3O/c1-13(18-12-6-10-16)17(11-5-9-15)14-7-3-2-4-8-14/h2-4,7-8,13H,5-6,11-12H2,1H3. The molecule has 0 spiro atoms. The van der Waals surface area contributed by atoms with E-state index in [1.165, 1.54) is 0 Å². The van der Waals surface area contributed by atoms with Crippen LogP contribution in [0.5, 0.6) is 0 Å². The molecule has 0 saturated heterocycles. The molecule has 0 N–H and O–H groups in total. The fourth-order valence-corrected chi connectivity index (χ4v) is 1.68. The molecule has 1 rings (SSSR count). The number of nitriles is 2. The first-order valence-electron chi connectivity index (χ1n) is 5.96. The van der Waals surface area contributed by atoms with E-state index in [2.05, 4.69) is 6.07 Å². The summed E-state index contributed by atoms with van der Waals surface area (Å²) in [6, 6.07) is 14.0. The minimum atomic E-state index is -0.144. The second-order valence-electron chi connectivity index (χ2n) is 3.82. The maximum Gasteiger partial charge on any atom is 0.127 e. The van der Waals surface area contributed by atoms with Crippen molar-refractivity contribution in [2.45, 2.75) is 26.0 Å². The predicted octanol–water partition coefficient (Wildman–Crippen LogP) is 2.68. The molecule has 0 radical (unpaired) electrons. The molecule has 0 aliphatic rings. The van der Waals surface area contributed by atoms with Gasteiger partial charge in [0.2, 0.25) is 0 Å². The lowest BCUT2D eigenvalue weighted by Gasteiger charge is -2.30. The van der Waals surface area contributed by atoms with Crippen LogP contribution in [0.15, 0.2) is 30.3 Å². The van der Waals surface area contributed by atoms with Crippen LogP contribution in [-0.4, -0.2) is 19.4 Å². The topological polar surface area (TPSA) is 60.0 Å². The summed E-state index contributed by atoms with van der Waals surface area (Å²) in [7, 11) is 0. The largest absolute Gasteiger partial charge is 0.358 e. The Balaban J connectivity index is 2.66. The molecule has 1 aromatic carbocycles. The first kappa shape index (κ1) is 14.0. The average Bonchev–Trinajstić information content (AvgIpc) is 2.41. The first-order valence-corrected chi connectivity index (χ1v) is 5.96. The van der Waals surface area contributed by atoms with Gasteiger partial charge in [0.15, 0.2) is 0 Å². The Bertz CT molecular complexity index is 419. The SMILES string of the molecule is CC(OCCC#N)N(CCC#N)c1ccccc1. The van der Waals surface area contributed by atoms with Crippen molar-refractivity contribution in [2.24, 2.45) is 0 Å². The van der Waals surface area contributed by atoms with Crippen molar-refractivity contribution in [3.8, 4) is 12.1 Å². The van der Waals surface area contributed by atoms with Crippen molar-refractivity contribution >= 4 is 5.69 Å². The minimum Gasteiger partial charge on any atom is -0.358 e. The third-order valence-corrected chi connectivity index (χ3v) is 2.56. The highest BCUT2D eigenvalue weighted by Crippen LogP contribution is 2.17. The molecule has 1 aromatic rings. The molecular weight excluding hydrogens is 226 g/mol. The zero-order chi connectivity index (χ0) is 13.2. The molecular formula is C14H17N3O. The van der Waals surface area contributed by atoms with E-state index in [0.29, 0.717) is 26.0 Å². The fraction of sp³-hybridized carbons (Fsp3) is 0.429. The van der Waals surface area contributed by atoms with Crippen LogP contribution in [-0.2, 0) is 4.74 Å². The van der Waals surface area contributed by atoms with Gasteiger partial charge in [0.1, 0.15) is 6.23 Å². The van der Waals surface area contributed by atoms with Crippen molar-refractivity contribution < 1.29 is 4.74 Å². The summed E-state index contributed by atoms with van der Waals surface area (Å²) in [6.07, 6.45) is 0.681. The molecule has 1 unspecified atom stereocenters. The maximum atomic E-state index is 8.70. The van der Waals surface area contributed by atoms with Crippen LogP contribution >= 0.6 is 0 Å². The normalized spacial score (nSPS) is 11.3. The molecule has 0 aliphatic carbocycles. The summed E-state index contributed by atoms with van der Waals surface area (Å²) in [5, 5.41) is 17.2. The van der Waals surface area contributed by atoms with Gasteiger partial charge in [-0.15, -0.1) is 0 Å². The highest BCUT2D eigenvalue weighted by molar-refractivity contribution is 5.46. The predicted molar refractivity (Wildman–Crippen MR) is 69.7 cm³/mol. The van der Waals surface area contributed by atoms with Crippen LogP contribution < -0.4 is 4.90 Å². The van der Waals surface area contributed by atoms with Crippen LogP contribution in [0.1, 0.15) is 19.8 Å². The number of hydrogen-bond acceptors (Lipinski definition) is 4. The van der Waals surface area contributed by atoms with Crippen molar-refractivity contribution in [3.05, 3.63) is 30.3 Å². The molecule has 0 saturated carbocycles. The molecule has 0 heterocycles. The number of benzene rings is 1. The molecule has 4 nitrogen and oxygen atoms in total. The second kappa shape index (κ2) is 8.11. The average molecular weight is 243 g/mol. The molecule has 1 atom stereocenters. The van der Waals surface area contributed by atoms with Gasteiger partial charge in [-0.3, -0.25) is 0 Å². The lowest BCUT2D eigenvalue weighted by molar-refractivity contribution is 0.0676. The van der Waals surface area contributed by atoms with E-state index in [4.69, 9.17) is 15.3 Å². The third kappa shape index (κ3) is 4.45. The molecule has 18 heavy (non-hydrogen) atoms. The molecule has 0 aromatic heterocycles. The van der Waals surface area contributed by atoms with E-state index in [1.54, 1.807) is 0 Å². The van der Waals surface area contributed by atoms with Crippen molar-refractivity contribution in [3.63, 3.8) is 0 Å². The first-order chi connectivity index (χ1) is 8.79. The Labute approximate surface area is 108 Å². The minimum absolute atomic E-state index is 0.144. The van der Waals surface area contributed by atoms with Crippen molar-refractivity contribution in [1.29, 1.82) is 10.5 Å². The Hall–Kier alpha value is -2.04. The van der Waals surface area contributed by atoms with Gasteiger partial charge in [-0.2, -0.15) is 10.5 Å². The zero-order valence-corrected chi connectivity index (χ0v) is 10.5. The van der Waals surface area contributed by atoms with Crippen LogP contribution in [0.25, 0.3) is 0 Å². The van der Waals surface area contributed by atoms with Gasteiger partial charge in [0.05, 0.1) is 31.6 Å². The van der Waals surface area contributed by atoms with Crippen LogP contribution in [0.4, 0.5) is 5.69 Å². The van der Waals surface area contributed by atoms with Crippen LogP contribution in [0, 0.1) is 22.7 Å². The number of ether oxygens (including phenoxy) is 1. The molecule has 0 amide bonds. The Morgan fingerprint density at radius 1 is 1.17 bits per heavy atom. The summed E-state index contributed by atoms with van der Waals surface area (Å²) in [5.41, 5.74) is 1.03. The second-order valence-corrected chi connectivity index (χ2v) is 3.82. The number of hydrogen-bond donors (Lipinski definition) is 0. The lowest BCUT2D eigenvalue weighted by Crippen LogP contribution is -2.36. The number of anilines is 1. The van der Waals surface area contributed by atoms with Crippen LogP contribution in [0.3, 0.4) is 0 Å². The molecule has 0 fully saturated rings. The Kier molecular flexibility index (Phi) is 6.32. The van der Waals surface area contributed by atoms with Gasteiger partial charge < -0.3 is 9.64 Å². The summed E-state index contributed by atoms with van der Waals surface area (Å²) in [4.78, 5) is 2.03. The highest BCUT2D eigenvalue weighted by atomic mass is 16.5. The molecule has 94 valence electrons. The molecule has 0 aliphatic heterocycles. The smallest absolute Gasteiger partial charge is 0.127 e. The fourth-order valence-electron chi connectivity index (χ4n) is 1.68. The van der Waals surface area contributed by atoms with Crippen molar-refractivity contribution in [2.75, 3.05) is 18.1 Å². The summed E-state index contributed by atoms with van der Waals surface area (Å²) in [5.74, 6) is 0. The quantitative estimate of drug-likeness (QED) is 0.545. The number of rotatable bonds is 7. The van der Waals surface area contributed by atoms with E-state index in [9.17, 15) is 0 Å².